The second kappa shape index (κ2) is 9.94. The van der Waals surface area contributed by atoms with Crippen molar-refractivity contribution in [1.29, 1.82) is 5.26 Å². The number of halogens is 3. The zero-order valence-electron chi connectivity index (χ0n) is 17.0. The highest BCUT2D eigenvalue weighted by Crippen LogP contribution is 2.35. The average molecular weight is 425 g/mol. The molecule has 1 aromatic heterocycles. The number of anilines is 4. The molecular formula is C23H22F3N5. The molecule has 3 rings (SSSR count). The van der Waals surface area contributed by atoms with Gasteiger partial charge in [-0.15, -0.1) is 0 Å². The number of nitriles is 1. The highest BCUT2D eigenvalue weighted by molar-refractivity contribution is 5.63. The van der Waals surface area contributed by atoms with Gasteiger partial charge >= 0.3 is 6.18 Å². The maximum Gasteiger partial charge on any atom is 0.421 e. The summed E-state index contributed by atoms with van der Waals surface area (Å²) < 4.78 is 40.4. The second-order valence-corrected chi connectivity index (χ2v) is 7.05. The quantitative estimate of drug-likeness (QED) is 0.399. The van der Waals surface area contributed by atoms with Crippen LogP contribution in [-0.4, -0.2) is 9.97 Å². The van der Waals surface area contributed by atoms with Gasteiger partial charge in [0.05, 0.1) is 11.6 Å². The van der Waals surface area contributed by atoms with E-state index in [4.69, 9.17) is 5.26 Å². The topological polar surface area (TPSA) is 73.6 Å². The van der Waals surface area contributed by atoms with Crippen LogP contribution in [0.5, 0.6) is 0 Å². The van der Waals surface area contributed by atoms with Gasteiger partial charge in [0.15, 0.2) is 0 Å². The first-order valence-corrected chi connectivity index (χ1v) is 9.96. The van der Waals surface area contributed by atoms with Crippen molar-refractivity contribution in [3.63, 3.8) is 0 Å². The lowest BCUT2D eigenvalue weighted by atomic mass is 10.1. The Morgan fingerprint density at radius 1 is 0.935 bits per heavy atom. The van der Waals surface area contributed by atoms with Crippen molar-refractivity contribution in [2.75, 3.05) is 10.6 Å². The minimum Gasteiger partial charge on any atom is -0.340 e. The predicted molar refractivity (Wildman–Crippen MR) is 114 cm³/mol. The van der Waals surface area contributed by atoms with Gasteiger partial charge in [0.25, 0.3) is 0 Å². The van der Waals surface area contributed by atoms with Crippen LogP contribution in [0.15, 0.2) is 54.7 Å². The van der Waals surface area contributed by atoms with Crippen LogP contribution in [0.25, 0.3) is 0 Å². The maximum atomic E-state index is 13.5. The summed E-state index contributed by atoms with van der Waals surface area (Å²) in [4.78, 5) is 7.83. The fourth-order valence-corrected chi connectivity index (χ4v) is 2.97. The summed E-state index contributed by atoms with van der Waals surface area (Å²) in [7, 11) is 0. The molecule has 0 radical (unpaired) electrons. The maximum absolute atomic E-state index is 13.5. The lowest BCUT2D eigenvalue weighted by molar-refractivity contribution is -0.137. The number of aromatic nitrogens is 2. The largest absolute Gasteiger partial charge is 0.421 e. The van der Waals surface area contributed by atoms with E-state index in [-0.39, 0.29) is 11.8 Å². The number of nitrogens with zero attached hydrogens (tertiary/aromatic N) is 3. The summed E-state index contributed by atoms with van der Waals surface area (Å²) in [5, 5.41) is 14.5. The van der Waals surface area contributed by atoms with Gasteiger partial charge in [0.1, 0.15) is 11.4 Å². The predicted octanol–water partition coefficient (Wildman–Crippen LogP) is 6.59. The normalized spacial score (nSPS) is 11.1. The molecule has 8 heteroatoms. The molecular weight excluding hydrogens is 403 g/mol. The summed E-state index contributed by atoms with van der Waals surface area (Å²) in [6.07, 6.45) is 0.443. The summed E-state index contributed by atoms with van der Waals surface area (Å²) in [5.41, 5.74) is 1.72. The van der Waals surface area contributed by atoms with Crippen molar-refractivity contribution in [2.45, 2.75) is 38.8 Å². The van der Waals surface area contributed by atoms with E-state index in [2.05, 4.69) is 27.5 Å². The minimum absolute atomic E-state index is 0.0105. The van der Waals surface area contributed by atoms with E-state index >= 15 is 0 Å². The van der Waals surface area contributed by atoms with Crippen LogP contribution in [0.3, 0.4) is 0 Å². The molecule has 0 spiro atoms. The summed E-state index contributed by atoms with van der Waals surface area (Å²) in [6.45, 7) is 2.14. The van der Waals surface area contributed by atoms with Crippen LogP contribution in [0.4, 0.5) is 36.3 Å². The lowest BCUT2D eigenvalue weighted by Crippen LogP contribution is -2.12. The highest BCUT2D eigenvalue weighted by Gasteiger charge is 2.35. The Labute approximate surface area is 179 Å². The highest BCUT2D eigenvalue weighted by atomic mass is 19.4. The molecule has 0 aliphatic rings. The van der Waals surface area contributed by atoms with Crippen molar-refractivity contribution >= 4 is 23.1 Å². The molecule has 5 nitrogen and oxygen atoms in total. The third-order valence-electron chi connectivity index (χ3n) is 4.65. The number of benzene rings is 2. The molecule has 3 aromatic rings. The fourth-order valence-electron chi connectivity index (χ4n) is 2.97. The Hall–Kier alpha value is -3.60. The van der Waals surface area contributed by atoms with E-state index in [9.17, 15) is 13.2 Å². The molecule has 0 saturated carbocycles. The zero-order valence-corrected chi connectivity index (χ0v) is 17.0. The monoisotopic (exact) mass is 425 g/mol. The molecule has 1 heterocycles. The van der Waals surface area contributed by atoms with Gasteiger partial charge in [-0.2, -0.15) is 23.4 Å². The SMILES string of the molecule is CCCCCc1ccc(Nc2nc(Nc3ccc(C#N)cc3)ncc2C(F)(F)F)cc1. The first-order chi connectivity index (χ1) is 14.9. The number of hydrogen-bond donors (Lipinski definition) is 2. The van der Waals surface area contributed by atoms with Crippen molar-refractivity contribution in [3.8, 4) is 6.07 Å². The van der Waals surface area contributed by atoms with Gasteiger partial charge in [-0.3, -0.25) is 0 Å². The summed E-state index contributed by atoms with van der Waals surface area (Å²) in [6, 6.07) is 15.7. The van der Waals surface area contributed by atoms with Gasteiger partial charge in [0.2, 0.25) is 5.95 Å². The van der Waals surface area contributed by atoms with E-state index in [1.165, 1.54) is 0 Å². The van der Waals surface area contributed by atoms with E-state index in [1.54, 1.807) is 36.4 Å². The van der Waals surface area contributed by atoms with Crippen molar-refractivity contribution < 1.29 is 13.2 Å². The lowest BCUT2D eigenvalue weighted by Gasteiger charge is -2.15. The third-order valence-corrected chi connectivity index (χ3v) is 4.65. The second-order valence-electron chi connectivity index (χ2n) is 7.05. The molecule has 0 bridgehead atoms. The van der Waals surface area contributed by atoms with Crippen LogP contribution in [0.1, 0.15) is 42.9 Å². The van der Waals surface area contributed by atoms with Gasteiger partial charge < -0.3 is 10.6 Å². The van der Waals surface area contributed by atoms with Crippen LogP contribution >= 0.6 is 0 Å². The van der Waals surface area contributed by atoms with Crippen molar-refractivity contribution in [1.82, 2.24) is 9.97 Å². The number of aryl methyl sites for hydroxylation is 1. The van der Waals surface area contributed by atoms with E-state index in [0.29, 0.717) is 16.9 Å². The van der Waals surface area contributed by atoms with E-state index in [0.717, 1.165) is 37.4 Å². The minimum atomic E-state index is -4.60. The molecule has 2 N–H and O–H groups in total. The third kappa shape index (κ3) is 6.19. The number of hydrogen-bond acceptors (Lipinski definition) is 5. The van der Waals surface area contributed by atoms with Gasteiger partial charge in [-0.1, -0.05) is 31.9 Å². The van der Waals surface area contributed by atoms with Crippen molar-refractivity contribution in [3.05, 3.63) is 71.4 Å². The zero-order chi connectivity index (χ0) is 22.3. The number of unbranched alkanes of at least 4 members (excludes halogenated alkanes) is 2. The first kappa shape index (κ1) is 22.1. The Balaban J connectivity index is 1.81. The molecule has 0 atom stereocenters. The first-order valence-electron chi connectivity index (χ1n) is 9.96. The number of alkyl halides is 3. The van der Waals surface area contributed by atoms with E-state index in [1.807, 2.05) is 18.2 Å². The van der Waals surface area contributed by atoms with Crippen LogP contribution in [0, 0.1) is 11.3 Å². The van der Waals surface area contributed by atoms with Gasteiger partial charge in [-0.25, -0.2) is 4.98 Å². The van der Waals surface area contributed by atoms with Gasteiger partial charge in [0, 0.05) is 17.6 Å². The number of rotatable bonds is 8. The molecule has 2 aromatic carbocycles. The standard InChI is InChI=1S/C23H22F3N5/c1-2-3-4-5-16-6-10-18(11-7-16)29-21-20(23(24,25)26)15-28-22(31-21)30-19-12-8-17(14-27)9-13-19/h6-13,15H,2-5H2,1H3,(H2,28,29,30,31). The average Bonchev–Trinajstić information content (AvgIpc) is 2.75. The fraction of sp³-hybridized carbons (Fsp3) is 0.261. The van der Waals surface area contributed by atoms with Crippen molar-refractivity contribution in [2.24, 2.45) is 0 Å². The summed E-state index contributed by atoms with van der Waals surface area (Å²) >= 11 is 0. The smallest absolute Gasteiger partial charge is 0.340 e. The Bertz CT molecular complexity index is 1040. The van der Waals surface area contributed by atoms with E-state index < -0.39 is 11.7 Å². The number of nitrogens with one attached hydrogen (secondary N) is 2. The summed E-state index contributed by atoms with van der Waals surface area (Å²) in [5.74, 6) is -0.325. The Morgan fingerprint density at radius 3 is 2.19 bits per heavy atom. The van der Waals surface area contributed by atoms with Gasteiger partial charge in [-0.05, 0) is 54.8 Å². The molecule has 0 aliphatic carbocycles. The van der Waals surface area contributed by atoms with Crippen LogP contribution in [0.2, 0.25) is 0 Å². The molecule has 0 unspecified atom stereocenters. The Morgan fingerprint density at radius 2 is 1.58 bits per heavy atom. The van der Waals surface area contributed by atoms with Crippen LogP contribution < -0.4 is 10.6 Å². The molecule has 0 saturated heterocycles. The molecule has 0 aliphatic heterocycles. The molecule has 31 heavy (non-hydrogen) atoms. The molecule has 160 valence electrons. The molecule has 0 fully saturated rings. The Kier molecular flexibility index (Phi) is 7.08. The molecule has 0 amide bonds. The van der Waals surface area contributed by atoms with Crippen LogP contribution in [-0.2, 0) is 12.6 Å².